The topological polar surface area (TPSA) is 69.7 Å². The summed E-state index contributed by atoms with van der Waals surface area (Å²) in [6.07, 6.45) is 5.09. The van der Waals surface area contributed by atoms with Crippen LogP contribution in [0.5, 0.6) is 0 Å². The number of sulfonamides is 1. The van der Waals surface area contributed by atoms with E-state index in [1.165, 1.54) is 4.31 Å². The molecule has 0 atom stereocenters. The lowest BCUT2D eigenvalue weighted by atomic mass is 10.3. The Balaban J connectivity index is 1.92. The van der Waals surface area contributed by atoms with Crippen LogP contribution in [0.2, 0.25) is 0 Å². The molecule has 0 radical (unpaired) electrons. The molecular weight excluding hydrogens is 382 g/mol. The van der Waals surface area contributed by atoms with E-state index in [0.717, 1.165) is 4.47 Å². The highest BCUT2D eigenvalue weighted by Gasteiger charge is 2.28. The third-order valence-electron chi connectivity index (χ3n) is 3.54. The fraction of sp³-hybridized carbons (Fsp3) is 0.400. The number of halogens is 1. The molecule has 0 aromatic heterocycles. The Morgan fingerprint density at radius 2 is 1.83 bits per heavy atom. The third kappa shape index (κ3) is 4.78. The second-order valence-corrected chi connectivity index (χ2v) is 7.97. The van der Waals surface area contributed by atoms with Gasteiger partial charge in [-0.2, -0.15) is 4.31 Å². The Morgan fingerprint density at radius 3 is 2.39 bits per heavy atom. The second-order valence-electron chi connectivity index (χ2n) is 5.12. The summed E-state index contributed by atoms with van der Waals surface area (Å²) in [4.78, 5) is 13.8. The number of hydrogen-bond donors (Lipinski definition) is 1. The van der Waals surface area contributed by atoms with E-state index in [-0.39, 0.29) is 23.9 Å². The minimum Gasteiger partial charge on any atom is -0.344 e. The minimum absolute atomic E-state index is 0.146. The zero-order chi connectivity index (χ0) is 16.9. The minimum atomic E-state index is -3.49. The van der Waals surface area contributed by atoms with Crippen LogP contribution in [-0.2, 0) is 14.8 Å². The van der Waals surface area contributed by atoms with Crippen molar-refractivity contribution in [3.05, 3.63) is 28.7 Å². The first-order valence-electron chi connectivity index (χ1n) is 7.11. The molecule has 8 heteroatoms. The predicted octanol–water partition coefficient (Wildman–Crippen LogP) is 0.505. The van der Waals surface area contributed by atoms with Crippen LogP contribution in [0.25, 0.3) is 0 Å². The zero-order valence-corrected chi connectivity index (χ0v) is 14.9. The van der Waals surface area contributed by atoms with Crippen LogP contribution in [0, 0.1) is 12.3 Å². The standard InChI is InChI=1S/C15H18BrN3O3S/c1-2-7-17-15(20)12-18-8-10-19(11-9-18)23(21,22)14-5-3-13(16)4-6-14/h1,3-6H,7-12H2,(H,17,20). The second kappa shape index (κ2) is 7.93. The molecule has 1 N–H and O–H groups in total. The summed E-state index contributed by atoms with van der Waals surface area (Å²) in [5.74, 6) is 2.20. The van der Waals surface area contributed by atoms with Gasteiger partial charge >= 0.3 is 0 Å². The van der Waals surface area contributed by atoms with E-state index >= 15 is 0 Å². The van der Waals surface area contributed by atoms with Crippen LogP contribution < -0.4 is 5.32 Å². The van der Waals surface area contributed by atoms with E-state index in [2.05, 4.69) is 27.2 Å². The quantitative estimate of drug-likeness (QED) is 0.732. The van der Waals surface area contributed by atoms with Gasteiger partial charge in [-0.1, -0.05) is 21.9 Å². The van der Waals surface area contributed by atoms with E-state index in [4.69, 9.17) is 6.42 Å². The molecule has 0 spiro atoms. The number of hydrogen-bond acceptors (Lipinski definition) is 4. The van der Waals surface area contributed by atoms with Crippen molar-refractivity contribution in [3.8, 4) is 12.3 Å². The molecular formula is C15H18BrN3O3S. The maximum atomic E-state index is 12.6. The third-order valence-corrected chi connectivity index (χ3v) is 5.98. The maximum absolute atomic E-state index is 12.6. The van der Waals surface area contributed by atoms with E-state index in [1.807, 2.05) is 4.90 Å². The SMILES string of the molecule is C#CCNC(=O)CN1CCN(S(=O)(=O)c2ccc(Br)cc2)CC1. The molecule has 1 aromatic carbocycles. The molecule has 0 saturated carbocycles. The average Bonchev–Trinajstić information content (AvgIpc) is 2.54. The molecule has 1 fully saturated rings. The molecule has 0 unspecified atom stereocenters. The monoisotopic (exact) mass is 399 g/mol. The van der Waals surface area contributed by atoms with Crippen LogP contribution in [-0.4, -0.2) is 62.8 Å². The summed E-state index contributed by atoms with van der Waals surface area (Å²) >= 11 is 3.29. The number of nitrogens with one attached hydrogen (secondary N) is 1. The Morgan fingerprint density at radius 1 is 1.22 bits per heavy atom. The zero-order valence-electron chi connectivity index (χ0n) is 12.5. The van der Waals surface area contributed by atoms with Crippen molar-refractivity contribution in [2.75, 3.05) is 39.3 Å². The number of piperazine rings is 1. The Bertz CT molecular complexity index is 690. The van der Waals surface area contributed by atoms with Gasteiger partial charge in [-0.3, -0.25) is 9.69 Å². The predicted molar refractivity (Wildman–Crippen MR) is 91.2 cm³/mol. The van der Waals surface area contributed by atoms with Crippen LogP contribution in [0.4, 0.5) is 0 Å². The molecule has 6 nitrogen and oxygen atoms in total. The van der Waals surface area contributed by atoms with Crippen LogP contribution in [0.3, 0.4) is 0 Å². The highest BCUT2D eigenvalue weighted by atomic mass is 79.9. The fourth-order valence-electron chi connectivity index (χ4n) is 2.29. The fourth-order valence-corrected chi connectivity index (χ4v) is 3.98. The molecule has 1 amide bonds. The largest absolute Gasteiger partial charge is 0.344 e. The van der Waals surface area contributed by atoms with Gasteiger partial charge in [-0.25, -0.2) is 8.42 Å². The lowest BCUT2D eigenvalue weighted by Gasteiger charge is -2.33. The Kier molecular flexibility index (Phi) is 6.18. The number of benzene rings is 1. The Hall–Kier alpha value is -1.40. The van der Waals surface area contributed by atoms with Crippen molar-refractivity contribution >= 4 is 31.9 Å². The smallest absolute Gasteiger partial charge is 0.243 e. The molecule has 1 saturated heterocycles. The number of carbonyl (C=O) groups excluding carboxylic acids is 1. The van der Waals surface area contributed by atoms with Gasteiger partial charge in [0.1, 0.15) is 0 Å². The van der Waals surface area contributed by atoms with Crippen LogP contribution in [0.15, 0.2) is 33.6 Å². The lowest BCUT2D eigenvalue weighted by molar-refractivity contribution is -0.122. The first-order valence-corrected chi connectivity index (χ1v) is 9.35. The van der Waals surface area contributed by atoms with Crippen molar-refractivity contribution in [2.45, 2.75) is 4.90 Å². The first kappa shape index (κ1) is 17.9. The van der Waals surface area contributed by atoms with Crippen molar-refractivity contribution < 1.29 is 13.2 Å². The summed E-state index contributed by atoms with van der Waals surface area (Å²) in [5, 5.41) is 2.60. The molecule has 1 aliphatic heterocycles. The number of terminal acetylenes is 1. The molecule has 0 bridgehead atoms. The normalized spacial score (nSPS) is 16.7. The van der Waals surface area contributed by atoms with E-state index in [9.17, 15) is 13.2 Å². The summed E-state index contributed by atoms with van der Waals surface area (Å²) in [7, 11) is -3.49. The summed E-state index contributed by atoms with van der Waals surface area (Å²) < 4.78 is 27.4. The van der Waals surface area contributed by atoms with Gasteiger partial charge in [0.2, 0.25) is 15.9 Å². The molecule has 2 rings (SSSR count). The molecule has 1 aliphatic rings. The maximum Gasteiger partial charge on any atom is 0.243 e. The molecule has 23 heavy (non-hydrogen) atoms. The molecule has 0 aliphatic carbocycles. The van der Waals surface area contributed by atoms with E-state index < -0.39 is 10.0 Å². The van der Waals surface area contributed by atoms with E-state index in [1.54, 1.807) is 24.3 Å². The highest BCUT2D eigenvalue weighted by Crippen LogP contribution is 2.20. The summed E-state index contributed by atoms with van der Waals surface area (Å²) in [6, 6.07) is 6.58. The number of amides is 1. The van der Waals surface area contributed by atoms with Crippen molar-refractivity contribution in [1.82, 2.24) is 14.5 Å². The number of rotatable bonds is 5. The van der Waals surface area contributed by atoms with Gasteiger partial charge in [0, 0.05) is 30.7 Å². The van der Waals surface area contributed by atoms with Crippen molar-refractivity contribution in [3.63, 3.8) is 0 Å². The average molecular weight is 400 g/mol. The number of carbonyl (C=O) groups is 1. The molecule has 1 heterocycles. The van der Waals surface area contributed by atoms with Gasteiger partial charge in [-0.05, 0) is 24.3 Å². The van der Waals surface area contributed by atoms with Crippen LogP contribution >= 0.6 is 15.9 Å². The highest BCUT2D eigenvalue weighted by molar-refractivity contribution is 9.10. The lowest BCUT2D eigenvalue weighted by Crippen LogP contribution is -2.51. The molecule has 124 valence electrons. The number of nitrogens with zero attached hydrogens (tertiary/aromatic N) is 2. The Labute approximate surface area is 145 Å². The van der Waals surface area contributed by atoms with Gasteiger partial charge in [0.05, 0.1) is 18.0 Å². The van der Waals surface area contributed by atoms with Gasteiger partial charge in [0.25, 0.3) is 0 Å². The summed E-state index contributed by atoms with van der Waals surface area (Å²) in [6.45, 7) is 2.19. The van der Waals surface area contributed by atoms with Gasteiger partial charge < -0.3 is 5.32 Å². The molecule has 1 aromatic rings. The first-order chi connectivity index (χ1) is 10.9. The van der Waals surface area contributed by atoms with Crippen molar-refractivity contribution in [1.29, 1.82) is 0 Å². The van der Waals surface area contributed by atoms with E-state index in [0.29, 0.717) is 26.2 Å². The summed E-state index contributed by atoms with van der Waals surface area (Å²) in [5.41, 5.74) is 0. The van der Waals surface area contributed by atoms with Gasteiger partial charge in [-0.15, -0.1) is 6.42 Å². The van der Waals surface area contributed by atoms with Crippen LogP contribution in [0.1, 0.15) is 0 Å². The van der Waals surface area contributed by atoms with Gasteiger partial charge in [0.15, 0.2) is 0 Å². The van der Waals surface area contributed by atoms with Crippen molar-refractivity contribution in [2.24, 2.45) is 0 Å².